The SMILES string of the molecule is Cc1ccc(C2CCN(c3nc(C(=O)O)co3)C2)c(C)c1. The van der Waals surface area contributed by atoms with Crippen molar-refractivity contribution in [2.75, 3.05) is 18.0 Å². The molecule has 110 valence electrons. The zero-order valence-electron chi connectivity index (χ0n) is 12.2. The van der Waals surface area contributed by atoms with E-state index in [9.17, 15) is 4.79 Å². The van der Waals surface area contributed by atoms with Crippen LogP contribution in [0.5, 0.6) is 0 Å². The first-order valence-electron chi connectivity index (χ1n) is 7.05. The first-order valence-corrected chi connectivity index (χ1v) is 7.05. The number of benzene rings is 1. The molecule has 1 N–H and O–H groups in total. The summed E-state index contributed by atoms with van der Waals surface area (Å²) >= 11 is 0. The molecule has 1 aliphatic heterocycles. The fourth-order valence-corrected chi connectivity index (χ4v) is 2.98. The van der Waals surface area contributed by atoms with E-state index < -0.39 is 5.97 Å². The predicted octanol–water partition coefficient (Wildman–Crippen LogP) is 2.98. The van der Waals surface area contributed by atoms with Gasteiger partial charge in [0.2, 0.25) is 0 Å². The van der Waals surface area contributed by atoms with Gasteiger partial charge in [-0.15, -0.1) is 0 Å². The number of carboxylic acids is 1. The number of hydrogen-bond acceptors (Lipinski definition) is 4. The van der Waals surface area contributed by atoms with E-state index in [1.807, 2.05) is 4.90 Å². The second kappa shape index (κ2) is 5.24. The molecule has 21 heavy (non-hydrogen) atoms. The first kappa shape index (κ1) is 13.7. The molecule has 0 aliphatic carbocycles. The summed E-state index contributed by atoms with van der Waals surface area (Å²) in [6, 6.07) is 6.93. The van der Waals surface area contributed by atoms with Crippen LogP contribution in [-0.2, 0) is 0 Å². The molecule has 3 rings (SSSR count). The quantitative estimate of drug-likeness (QED) is 0.939. The highest BCUT2D eigenvalue weighted by Crippen LogP contribution is 2.32. The third-order valence-corrected chi connectivity index (χ3v) is 4.04. The maximum Gasteiger partial charge on any atom is 0.357 e. The van der Waals surface area contributed by atoms with Gasteiger partial charge in [-0.3, -0.25) is 0 Å². The molecule has 1 saturated heterocycles. The molecule has 1 unspecified atom stereocenters. The van der Waals surface area contributed by atoms with Crippen molar-refractivity contribution >= 4 is 12.0 Å². The van der Waals surface area contributed by atoms with Gasteiger partial charge in [-0.05, 0) is 31.4 Å². The molecule has 0 radical (unpaired) electrons. The summed E-state index contributed by atoms with van der Waals surface area (Å²) in [5.74, 6) is -0.624. The minimum Gasteiger partial charge on any atom is -0.476 e. The summed E-state index contributed by atoms with van der Waals surface area (Å²) in [4.78, 5) is 16.9. The molecule has 1 fully saturated rings. The van der Waals surface area contributed by atoms with Gasteiger partial charge in [0.15, 0.2) is 5.69 Å². The molecule has 1 aromatic heterocycles. The molecule has 0 saturated carbocycles. The van der Waals surface area contributed by atoms with Crippen LogP contribution in [0.1, 0.15) is 39.5 Å². The summed E-state index contributed by atoms with van der Waals surface area (Å²) in [6.07, 6.45) is 2.22. The van der Waals surface area contributed by atoms with Crippen LogP contribution in [0, 0.1) is 13.8 Å². The first-order chi connectivity index (χ1) is 10.0. The number of aromatic nitrogens is 1. The largest absolute Gasteiger partial charge is 0.476 e. The van der Waals surface area contributed by atoms with E-state index in [0.717, 1.165) is 19.5 Å². The van der Waals surface area contributed by atoms with Gasteiger partial charge in [0.25, 0.3) is 6.01 Å². The van der Waals surface area contributed by atoms with Crippen LogP contribution in [0.3, 0.4) is 0 Å². The van der Waals surface area contributed by atoms with Crippen LogP contribution in [0.15, 0.2) is 28.9 Å². The highest BCUT2D eigenvalue weighted by atomic mass is 16.4. The van der Waals surface area contributed by atoms with Gasteiger partial charge in [-0.2, -0.15) is 4.98 Å². The van der Waals surface area contributed by atoms with Crippen LogP contribution in [0.2, 0.25) is 0 Å². The van der Waals surface area contributed by atoms with Crippen molar-refractivity contribution in [3.8, 4) is 0 Å². The molecule has 0 spiro atoms. The average molecular weight is 286 g/mol. The van der Waals surface area contributed by atoms with Crippen molar-refractivity contribution in [2.45, 2.75) is 26.2 Å². The van der Waals surface area contributed by atoms with Gasteiger partial charge in [0.05, 0.1) is 0 Å². The number of nitrogens with zero attached hydrogens (tertiary/aromatic N) is 2. The van der Waals surface area contributed by atoms with Crippen LogP contribution >= 0.6 is 0 Å². The number of carboxylic acid groups (broad SMARTS) is 1. The Labute approximate surface area is 123 Å². The summed E-state index contributed by atoms with van der Waals surface area (Å²) in [5.41, 5.74) is 3.89. The topological polar surface area (TPSA) is 66.6 Å². The zero-order chi connectivity index (χ0) is 15.0. The van der Waals surface area contributed by atoms with Crippen LogP contribution in [0.4, 0.5) is 6.01 Å². The zero-order valence-corrected chi connectivity index (χ0v) is 12.2. The molecule has 0 bridgehead atoms. The number of aryl methyl sites for hydroxylation is 2. The summed E-state index contributed by atoms with van der Waals surface area (Å²) in [6.45, 7) is 5.87. The second-order valence-electron chi connectivity index (χ2n) is 5.61. The van der Waals surface area contributed by atoms with Crippen molar-refractivity contribution in [3.05, 3.63) is 46.8 Å². The van der Waals surface area contributed by atoms with Gasteiger partial charge < -0.3 is 14.4 Å². The van der Waals surface area contributed by atoms with E-state index in [1.54, 1.807) is 0 Å². The highest BCUT2D eigenvalue weighted by Gasteiger charge is 2.28. The molecule has 1 aliphatic rings. The number of carbonyl (C=O) groups is 1. The number of aromatic carboxylic acids is 1. The molecular weight excluding hydrogens is 268 g/mol. The summed E-state index contributed by atoms with van der Waals surface area (Å²) in [5, 5.41) is 8.89. The molecule has 2 aromatic rings. The Hall–Kier alpha value is -2.30. The van der Waals surface area contributed by atoms with E-state index in [4.69, 9.17) is 9.52 Å². The lowest BCUT2D eigenvalue weighted by molar-refractivity contribution is 0.0690. The van der Waals surface area contributed by atoms with Gasteiger partial charge in [0.1, 0.15) is 6.26 Å². The van der Waals surface area contributed by atoms with Crippen LogP contribution in [-0.4, -0.2) is 29.1 Å². The summed E-state index contributed by atoms with van der Waals surface area (Å²) in [7, 11) is 0. The summed E-state index contributed by atoms with van der Waals surface area (Å²) < 4.78 is 5.28. The molecule has 5 nitrogen and oxygen atoms in total. The van der Waals surface area contributed by atoms with Crippen molar-refractivity contribution in [2.24, 2.45) is 0 Å². The van der Waals surface area contributed by atoms with Gasteiger partial charge in [0, 0.05) is 19.0 Å². The Morgan fingerprint density at radius 2 is 2.24 bits per heavy atom. The maximum atomic E-state index is 10.9. The maximum absolute atomic E-state index is 10.9. The van der Waals surface area contributed by atoms with Crippen molar-refractivity contribution < 1.29 is 14.3 Å². The Morgan fingerprint density at radius 3 is 2.90 bits per heavy atom. The molecule has 1 atom stereocenters. The van der Waals surface area contributed by atoms with E-state index in [1.165, 1.54) is 23.0 Å². The smallest absolute Gasteiger partial charge is 0.357 e. The number of anilines is 1. The average Bonchev–Trinajstić information content (AvgIpc) is 3.07. The number of oxazole rings is 1. The molecule has 0 amide bonds. The van der Waals surface area contributed by atoms with E-state index in [0.29, 0.717) is 11.9 Å². The molecule has 2 heterocycles. The highest BCUT2D eigenvalue weighted by molar-refractivity contribution is 5.85. The minimum atomic E-state index is -1.06. The minimum absolute atomic E-state index is 0.0417. The lowest BCUT2D eigenvalue weighted by Crippen LogP contribution is -2.19. The Morgan fingerprint density at radius 1 is 1.43 bits per heavy atom. The lowest BCUT2D eigenvalue weighted by Gasteiger charge is -2.15. The molecule has 5 heteroatoms. The van der Waals surface area contributed by atoms with Crippen molar-refractivity contribution in [1.29, 1.82) is 0 Å². The van der Waals surface area contributed by atoms with E-state index >= 15 is 0 Å². The number of hydrogen-bond donors (Lipinski definition) is 1. The third kappa shape index (κ3) is 2.63. The molecule has 1 aromatic carbocycles. The van der Waals surface area contributed by atoms with E-state index in [2.05, 4.69) is 37.0 Å². The Bertz CT molecular complexity index is 678. The predicted molar refractivity (Wildman–Crippen MR) is 78.9 cm³/mol. The van der Waals surface area contributed by atoms with Gasteiger partial charge in [-0.25, -0.2) is 4.79 Å². The third-order valence-electron chi connectivity index (χ3n) is 4.04. The monoisotopic (exact) mass is 286 g/mol. The van der Waals surface area contributed by atoms with Gasteiger partial charge >= 0.3 is 5.97 Å². The standard InChI is InChI=1S/C16H18N2O3/c1-10-3-4-13(11(2)7-10)12-5-6-18(8-12)16-17-14(9-21-16)15(19)20/h3-4,7,9,12H,5-6,8H2,1-2H3,(H,19,20). The van der Waals surface area contributed by atoms with Crippen LogP contribution in [0.25, 0.3) is 0 Å². The van der Waals surface area contributed by atoms with E-state index in [-0.39, 0.29) is 5.69 Å². The lowest BCUT2D eigenvalue weighted by atomic mass is 9.93. The Kier molecular flexibility index (Phi) is 3.41. The Balaban J connectivity index is 1.76. The fourth-order valence-electron chi connectivity index (χ4n) is 2.98. The van der Waals surface area contributed by atoms with Crippen molar-refractivity contribution in [3.63, 3.8) is 0 Å². The second-order valence-corrected chi connectivity index (χ2v) is 5.61. The van der Waals surface area contributed by atoms with Crippen molar-refractivity contribution in [1.82, 2.24) is 4.98 Å². The van der Waals surface area contributed by atoms with Crippen LogP contribution < -0.4 is 4.90 Å². The fraction of sp³-hybridized carbons (Fsp3) is 0.375. The normalized spacial score (nSPS) is 18.2. The number of rotatable bonds is 3. The van der Waals surface area contributed by atoms with Gasteiger partial charge in [-0.1, -0.05) is 23.8 Å². The molecular formula is C16H18N2O3.